The van der Waals surface area contributed by atoms with Gasteiger partial charge in [-0.05, 0) is 24.8 Å². The van der Waals surface area contributed by atoms with Gasteiger partial charge in [0, 0.05) is 12.6 Å². The third kappa shape index (κ3) is 2.83. The van der Waals surface area contributed by atoms with Crippen molar-refractivity contribution in [3.05, 3.63) is 22.2 Å². The lowest BCUT2D eigenvalue weighted by Crippen LogP contribution is -2.13. The first-order valence-electron chi connectivity index (χ1n) is 5.81. The van der Waals surface area contributed by atoms with E-state index in [1.165, 1.54) is 37.8 Å². The van der Waals surface area contributed by atoms with Gasteiger partial charge in [0.15, 0.2) is 0 Å². The van der Waals surface area contributed by atoms with Crippen LogP contribution in [0.3, 0.4) is 0 Å². The molecule has 0 saturated heterocycles. The number of nitrogen functional groups attached to an aromatic ring is 1. The summed E-state index contributed by atoms with van der Waals surface area (Å²) in [5, 5.41) is 13.9. The molecule has 3 N–H and O–H groups in total. The summed E-state index contributed by atoms with van der Waals surface area (Å²) in [6, 6.07) is 2.83. The summed E-state index contributed by atoms with van der Waals surface area (Å²) >= 11 is 0. The molecule has 92 valence electrons. The Hall–Kier alpha value is -1.85. The van der Waals surface area contributed by atoms with Gasteiger partial charge in [-0.2, -0.15) is 0 Å². The van der Waals surface area contributed by atoms with Crippen molar-refractivity contribution in [3.8, 4) is 0 Å². The summed E-state index contributed by atoms with van der Waals surface area (Å²) < 4.78 is 0. The summed E-state index contributed by atoms with van der Waals surface area (Å²) in [6.07, 6.45) is 4.86. The SMILES string of the molecule is Nc1ccc([N+](=O)[O-])c(NCC2CCCC2)n1. The predicted octanol–water partition coefficient (Wildman–Crippen LogP) is 2.17. The standard InChI is InChI=1S/C11H16N4O2/c12-10-6-5-9(15(16)17)11(14-10)13-7-8-3-1-2-4-8/h5-6,8H,1-4,7H2,(H3,12,13,14). The first kappa shape index (κ1) is 11.6. The van der Waals surface area contributed by atoms with Crippen LogP contribution >= 0.6 is 0 Å². The van der Waals surface area contributed by atoms with E-state index in [9.17, 15) is 10.1 Å². The Morgan fingerprint density at radius 1 is 1.47 bits per heavy atom. The van der Waals surface area contributed by atoms with E-state index in [4.69, 9.17) is 5.73 Å². The number of anilines is 2. The largest absolute Gasteiger partial charge is 0.384 e. The predicted molar refractivity (Wildman–Crippen MR) is 65.8 cm³/mol. The number of nitrogens with one attached hydrogen (secondary N) is 1. The topological polar surface area (TPSA) is 94.1 Å². The Bertz CT molecular complexity index is 416. The highest BCUT2D eigenvalue weighted by Crippen LogP contribution is 2.27. The minimum Gasteiger partial charge on any atom is -0.384 e. The second-order valence-electron chi connectivity index (χ2n) is 4.39. The molecule has 17 heavy (non-hydrogen) atoms. The van der Waals surface area contributed by atoms with Gasteiger partial charge >= 0.3 is 5.69 Å². The van der Waals surface area contributed by atoms with Crippen LogP contribution < -0.4 is 11.1 Å². The van der Waals surface area contributed by atoms with E-state index in [1.807, 2.05) is 0 Å². The van der Waals surface area contributed by atoms with Crippen molar-refractivity contribution in [1.82, 2.24) is 4.98 Å². The molecule has 0 aromatic carbocycles. The summed E-state index contributed by atoms with van der Waals surface area (Å²) in [7, 11) is 0. The molecular weight excluding hydrogens is 220 g/mol. The molecule has 1 saturated carbocycles. The second kappa shape index (κ2) is 4.99. The fourth-order valence-corrected chi connectivity index (χ4v) is 2.20. The van der Waals surface area contributed by atoms with Crippen LogP contribution in [0.25, 0.3) is 0 Å². The Morgan fingerprint density at radius 2 is 2.18 bits per heavy atom. The van der Waals surface area contributed by atoms with Crippen LogP contribution in [0.5, 0.6) is 0 Å². The molecule has 1 aromatic heterocycles. The summed E-state index contributed by atoms with van der Waals surface area (Å²) in [5.74, 6) is 1.17. The van der Waals surface area contributed by atoms with Crippen LogP contribution in [0.1, 0.15) is 25.7 Å². The first-order chi connectivity index (χ1) is 8.16. The van der Waals surface area contributed by atoms with E-state index >= 15 is 0 Å². The van der Waals surface area contributed by atoms with Gasteiger partial charge in [-0.3, -0.25) is 10.1 Å². The molecule has 1 aromatic rings. The highest BCUT2D eigenvalue weighted by atomic mass is 16.6. The highest BCUT2D eigenvalue weighted by molar-refractivity contribution is 5.59. The van der Waals surface area contributed by atoms with Crippen molar-refractivity contribution in [2.45, 2.75) is 25.7 Å². The van der Waals surface area contributed by atoms with Gasteiger partial charge in [0.1, 0.15) is 5.82 Å². The van der Waals surface area contributed by atoms with Crippen molar-refractivity contribution in [2.24, 2.45) is 5.92 Å². The van der Waals surface area contributed by atoms with Crippen molar-refractivity contribution < 1.29 is 4.92 Å². The third-order valence-corrected chi connectivity index (χ3v) is 3.13. The van der Waals surface area contributed by atoms with Crippen LogP contribution in [-0.4, -0.2) is 16.5 Å². The maximum atomic E-state index is 10.8. The molecular formula is C11H16N4O2. The van der Waals surface area contributed by atoms with E-state index in [-0.39, 0.29) is 11.5 Å². The first-order valence-corrected chi connectivity index (χ1v) is 5.81. The second-order valence-corrected chi connectivity index (χ2v) is 4.39. The van der Waals surface area contributed by atoms with Crippen LogP contribution in [0, 0.1) is 16.0 Å². The van der Waals surface area contributed by atoms with Gasteiger partial charge in [0.05, 0.1) is 4.92 Å². The van der Waals surface area contributed by atoms with E-state index in [0.717, 1.165) is 6.54 Å². The van der Waals surface area contributed by atoms with Gasteiger partial charge in [-0.1, -0.05) is 12.8 Å². The van der Waals surface area contributed by atoms with Crippen molar-refractivity contribution in [2.75, 3.05) is 17.6 Å². The van der Waals surface area contributed by atoms with Crippen LogP contribution in [0.15, 0.2) is 12.1 Å². The molecule has 0 bridgehead atoms. The van der Waals surface area contributed by atoms with E-state index < -0.39 is 4.92 Å². The normalized spacial score (nSPS) is 16.0. The number of pyridine rings is 1. The van der Waals surface area contributed by atoms with E-state index in [2.05, 4.69) is 10.3 Å². The lowest BCUT2D eigenvalue weighted by atomic mass is 10.1. The lowest BCUT2D eigenvalue weighted by molar-refractivity contribution is -0.384. The quantitative estimate of drug-likeness (QED) is 0.617. The number of hydrogen-bond donors (Lipinski definition) is 2. The number of nitrogens with two attached hydrogens (primary N) is 1. The zero-order valence-electron chi connectivity index (χ0n) is 9.56. The third-order valence-electron chi connectivity index (χ3n) is 3.13. The van der Waals surface area contributed by atoms with Gasteiger partial charge in [0.25, 0.3) is 0 Å². The molecule has 1 heterocycles. The maximum absolute atomic E-state index is 10.8. The maximum Gasteiger partial charge on any atom is 0.311 e. The molecule has 0 spiro atoms. The molecule has 0 aliphatic heterocycles. The molecule has 0 unspecified atom stereocenters. The highest BCUT2D eigenvalue weighted by Gasteiger charge is 2.19. The molecule has 1 aliphatic carbocycles. The summed E-state index contributed by atoms with van der Waals surface area (Å²) in [6.45, 7) is 0.733. The smallest absolute Gasteiger partial charge is 0.311 e. The minimum absolute atomic E-state index is 0.0165. The Labute approximate surface area is 99.4 Å². The molecule has 2 rings (SSSR count). The number of nitro groups is 1. The average Bonchev–Trinajstić information content (AvgIpc) is 2.78. The molecule has 6 nitrogen and oxygen atoms in total. The van der Waals surface area contributed by atoms with Gasteiger partial charge in [-0.15, -0.1) is 0 Å². The van der Waals surface area contributed by atoms with Crippen LogP contribution in [-0.2, 0) is 0 Å². The van der Waals surface area contributed by atoms with Gasteiger partial charge < -0.3 is 11.1 Å². The molecule has 1 aliphatic rings. The van der Waals surface area contributed by atoms with Crippen LogP contribution in [0.2, 0.25) is 0 Å². The molecule has 0 amide bonds. The van der Waals surface area contributed by atoms with Gasteiger partial charge in [0.2, 0.25) is 5.82 Å². The zero-order valence-corrected chi connectivity index (χ0v) is 9.56. The summed E-state index contributed by atoms with van der Waals surface area (Å²) in [4.78, 5) is 14.4. The van der Waals surface area contributed by atoms with Gasteiger partial charge in [-0.25, -0.2) is 4.98 Å². The van der Waals surface area contributed by atoms with E-state index in [1.54, 1.807) is 0 Å². The average molecular weight is 236 g/mol. The summed E-state index contributed by atoms with van der Waals surface area (Å²) in [5.41, 5.74) is 5.52. The Kier molecular flexibility index (Phi) is 3.41. The minimum atomic E-state index is -0.441. The van der Waals surface area contributed by atoms with Crippen LogP contribution in [0.4, 0.5) is 17.3 Å². The van der Waals surface area contributed by atoms with Crippen molar-refractivity contribution in [1.29, 1.82) is 0 Å². The zero-order chi connectivity index (χ0) is 12.3. The number of rotatable bonds is 4. The molecule has 0 radical (unpaired) electrons. The molecule has 1 fully saturated rings. The number of nitrogens with zero attached hydrogens (tertiary/aromatic N) is 2. The number of hydrogen-bond acceptors (Lipinski definition) is 5. The fraction of sp³-hybridized carbons (Fsp3) is 0.545. The fourth-order valence-electron chi connectivity index (χ4n) is 2.20. The van der Waals surface area contributed by atoms with Crippen molar-refractivity contribution in [3.63, 3.8) is 0 Å². The van der Waals surface area contributed by atoms with E-state index in [0.29, 0.717) is 11.7 Å². The molecule has 0 atom stereocenters. The Morgan fingerprint density at radius 3 is 2.82 bits per heavy atom. The van der Waals surface area contributed by atoms with Crippen molar-refractivity contribution >= 4 is 17.3 Å². The Balaban J connectivity index is 2.07. The monoisotopic (exact) mass is 236 g/mol. The molecule has 6 heteroatoms. The number of aromatic nitrogens is 1. The lowest BCUT2D eigenvalue weighted by Gasteiger charge is -2.11.